The van der Waals surface area contributed by atoms with Crippen molar-refractivity contribution in [1.29, 1.82) is 0 Å². The third-order valence-corrected chi connectivity index (χ3v) is 3.92. The molecule has 1 rings (SSSR count). The maximum absolute atomic E-state index is 12.3. The summed E-state index contributed by atoms with van der Waals surface area (Å²) in [7, 11) is -4.15. The molecular formula is C12H16F3NO4S. The summed E-state index contributed by atoms with van der Waals surface area (Å²) in [5.41, 5.74) is 0. The first-order valence-corrected chi connectivity index (χ1v) is 7.59. The van der Waals surface area contributed by atoms with E-state index < -0.39 is 33.1 Å². The van der Waals surface area contributed by atoms with E-state index in [1.165, 1.54) is 12.1 Å². The maximum atomic E-state index is 12.3. The molecule has 0 spiro atoms. The van der Waals surface area contributed by atoms with Crippen molar-refractivity contribution >= 4 is 10.0 Å². The first kappa shape index (κ1) is 17.7. The molecule has 21 heavy (non-hydrogen) atoms. The summed E-state index contributed by atoms with van der Waals surface area (Å²) in [5, 5.41) is 0. The van der Waals surface area contributed by atoms with E-state index in [-0.39, 0.29) is 6.61 Å². The van der Waals surface area contributed by atoms with Crippen molar-refractivity contribution in [2.24, 2.45) is 0 Å². The number of para-hydroxylation sites is 1. The Morgan fingerprint density at radius 3 is 2.48 bits per heavy atom. The second kappa shape index (κ2) is 7.10. The molecule has 0 fully saturated rings. The van der Waals surface area contributed by atoms with Crippen molar-refractivity contribution in [2.45, 2.75) is 31.1 Å². The van der Waals surface area contributed by atoms with Crippen LogP contribution in [0.2, 0.25) is 0 Å². The molecule has 120 valence electrons. The zero-order valence-corrected chi connectivity index (χ0v) is 12.3. The van der Waals surface area contributed by atoms with Crippen molar-refractivity contribution in [3.63, 3.8) is 0 Å². The molecular weight excluding hydrogens is 311 g/mol. The van der Waals surface area contributed by atoms with Crippen LogP contribution in [-0.2, 0) is 14.8 Å². The highest BCUT2D eigenvalue weighted by Crippen LogP contribution is 2.29. The van der Waals surface area contributed by atoms with Crippen LogP contribution >= 0.6 is 0 Å². The van der Waals surface area contributed by atoms with Crippen LogP contribution in [0.25, 0.3) is 0 Å². The van der Waals surface area contributed by atoms with Crippen molar-refractivity contribution in [3.8, 4) is 5.75 Å². The highest BCUT2D eigenvalue weighted by Gasteiger charge is 2.34. The Kier molecular flexibility index (Phi) is 5.99. The highest BCUT2D eigenvalue weighted by atomic mass is 32.2. The summed E-state index contributed by atoms with van der Waals surface area (Å²) in [5.74, 6) is -0.777. The summed E-state index contributed by atoms with van der Waals surface area (Å²) >= 11 is 0. The van der Waals surface area contributed by atoms with Gasteiger partial charge in [-0.3, -0.25) is 0 Å². The second-order valence-corrected chi connectivity index (χ2v) is 5.86. The molecule has 5 nitrogen and oxygen atoms in total. The van der Waals surface area contributed by atoms with Crippen LogP contribution in [0.4, 0.5) is 13.2 Å². The summed E-state index contributed by atoms with van der Waals surface area (Å²) in [6.45, 7) is 3.80. The topological polar surface area (TPSA) is 64.6 Å². The van der Waals surface area contributed by atoms with Gasteiger partial charge >= 0.3 is 6.36 Å². The Hall–Kier alpha value is -1.32. The smallest absolute Gasteiger partial charge is 0.404 e. The lowest BCUT2D eigenvalue weighted by Gasteiger charge is -2.17. The number of benzene rings is 1. The molecule has 0 unspecified atom stereocenters. The highest BCUT2D eigenvalue weighted by molar-refractivity contribution is 7.89. The molecule has 0 bridgehead atoms. The van der Waals surface area contributed by atoms with Gasteiger partial charge in [-0.25, -0.2) is 13.1 Å². The zero-order valence-electron chi connectivity index (χ0n) is 11.5. The van der Waals surface area contributed by atoms with Crippen LogP contribution in [0.5, 0.6) is 5.75 Å². The Morgan fingerprint density at radius 1 is 1.29 bits per heavy atom. The SMILES string of the molecule is CCOC[C@@H](C)NS(=O)(=O)c1ccccc1OC(F)(F)F. The third kappa shape index (κ3) is 5.90. The minimum Gasteiger partial charge on any atom is -0.404 e. The van der Waals surface area contributed by atoms with Crippen molar-refractivity contribution < 1.29 is 31.1 Å². The fourth-order valence-corrected chi connectivity index (χ4v) is 2.90. The lowest BCUT2D eigenvalue weighted by atomic mass is 10.3. The molecule has 0 radical (unpaired) electrons. The quantitative estimate of drug-likeness (QED) is 0.834. The van der Waals surface area contributed by atoms with E-state index in [2.05, 4.69) is 9.46 Å². The summed E-state index contributed by atoms with van der Waals surface area (Å²) in [6, 6.07) is 3.95. The molecule has 1 atom stereocenters. The van der Waals surface area contributed by atoms with Gasteiger partial charge in [0.15, 0.2) is 0 Å². The van der Waals surface area contributed by atoms with E-state index in [0.717, 1.165) is 12.1 Å². The molecule has 0 saturated heterocycles. The van der Waals surface area contributed by atoms with Crippen LogP contribution in [-0.4, -0.2) is 34.0 Å². The Bertz CT molecular complexity index is 560. The Labute approximate surface area is 121 Å². The van der Waals surface area contributed by atoms with Gasteiger partial charge in [0.1, 0.15) is 10.6 Å². The van der Waals surface area contributed by atoms with Gasteiger partial charge in [-0.05, 0) is 26.0 Å². The van der Waals surface area contributed by atoms with E-state index >= 15 is 0 Å². The fraction of sp³-hybridized carbons (Fsp3) is 0.500. The minimum atomic E-state index is -4.97. The molecule has 0 heterocycles. The average molecular weight is 327 g/mol. The lowest BCUT2D eigenvalue weighted by molar-refractivity contribution is -0.275. The standard InChI is InChI=1S/C12H16F3NO4S/c1-3-19-8-9(2)16-21(17,18)11-7-5-4-6-10(11)20-12(13,14)15/h4-7,9,16H,3,8H2,1-2H3/t9-/m1/s1. The normalized spacial score (nSPS) is 14.0. The first-order valence-electron chi connectivity index (χ1n) is 6.10. The van der Waals surface area contributed by atoms with Gasteiger partial charge in [0.2, 0.25) is 10.0 Å². The number of halogens is 3. The molecule has 9 heteroatoms. The van der Waals surface area contributed by atoms with E-state index in [9.17, 15) is 21.6 Å². The first-order chi connectivity index (χ1) is 9.65. The molecule has 0 aliphatic carbocycles. The second-order valence-electron chi connectivity index (χ2n) is 4.18. The predicted molar refractivity (Wildman–Crippen MR) is 69.4 cm³/mol. The molecule has 0 aliphatic rings. The number of rotatable bonds is 7. The lowest BCUT2D eigenvalue weighted by Crippen LogP contribution is -2.36. The number of hydrogen-bond donors (Lipinski definition) is 1. The van der Waals surface area contributed by atoms with Gasteiger partial charge in [-0.15, -0.1) is 13.2 Å². The van der Waals surface area contributed by atoms with Crippen molar-refractivity contribution in [2.75, 3.05) is 13.2 Å². The Morgan fingerprint density at radius 2 is 1.90 bits per heavy atom. The van der Waals surface area contributed by atoms with Crippen LogP contribution < -0.4 is 9.46 Å². The van der Waals surface area contributed by atoms with Crippen LogP contribution in [0.15, 0.2) is 29.2 Å². The maximum Gasteiger partial charge on any atom is 0.573 e. The molecule has 0 amide bonds. The largest absolute Gasteiger partial charge is 0.573 e. The van der Waals surface area contributed by atoms with Gasteiger partial charge < -0.3 is 9.47 Å². The number of hydrogen-bond acceptors (Lipinski definition) is 4. The van der Waals surface area contributed by atoms with E-state index in [1.807, 2.05) is 0 Å². The molecule has 0 saturated carbocycles. The zero-order chi connectivity index (χ0) is 16.1. The third-order valence-electron chi connectivity index (χ3n) is 2.29. The number of sulfonamides is 1. The van der Waals surface area contributed by atoms with Gasteiger partial charge in [-0.1, -0.05) is 12.1 Å². The van der Waals surface area contributed by atoms with Gasteiger partial charge in [-0.2, -0.15) is 0 Å². The van der Waals surface area contributed by atoms with Gasteiger partial charge in [0.05, 0.1) is 6.61 Å². The van der Waals surface area contributed by atoms with E-state index in [0.29, 0.717) is 6.61 Å². The Balaban J connectivity index is 2.98. The molecule has 1 aromatic rings. The number of ether oxygens (including phenoxy) is 2. The monoisotopic (exact) mass is 327 g/mol. The fourth-order valence-electron chi connectivity index (χ4n) is 1.54. The number of alkyl halides is 3. The molecule has 0 aliphatic heterocycles. The van der Waals surface area contributed by atoms with Crippen LogP contribution in [0.1, 0.15) is 13.8 Å². The van der Waals surface area contributed by atoms with E-state index in [1.54, 1.807) is 13.8 Å². The molecule has 1 N–H and O–H groups in total. The summed E-state index contributed by atoms with van der Waals surface area (Å²) in [6.07, 6.45) is -4.97. The molecule has 1 aromatic carbocycles. The summed E-state index contributed by atoms with van der Waals surface area (Å²) in [4.78, 5) is -0.578. The molecule has 0 aromatic heterocycles. The van der Waals surface area contributed by atoms with Crippen molar-refractivity contribution in [3.05, 3.63) is 24.3 Å². The van der Waals surface area contributed by atoms with E-state index in [4.69, 9.17) is 4.74 Å². The van der Waals surface area contributed by atoms with Gasteiger partial charge in [0, 0.05) is 12.6 Å². The predicted octanol–water partition coefficient (Wildman–Crippen LogP) is 2.29. The summed E-state index contributed by atoms with van der Waals surface area (Å²) < 4.78 is 72.1. The van der Waals surface area contributed by atoms with Gasteiger partial charge in [0.25, 0.3) is 0 Å². The van der Waals surface area contributed by atoms with Crippen LogP contribution in [0.3, 0.4) is 0 Å². The minimum absolute atomic E-state index is 0.109. The van der Waals surface area contributed by atoms with Crippen LogP contribution in [0, 0.1) is 0 Å². The van der Waals surface area contributed by atoms with Crippen molar-refractivity contribution in [1.82, 2.24) is 4.72 Å². The average Bonchev–Trinajstić information content (AvgIpc) is 2.34. The number of nitrogens with one attached hydrogen (secondary N) is 1.